The first-order chi connectivity index (χ1) is 16.7. The predicted octanol–water partition coefficient (Wildman–Crippen LogP) is 1.57. The predicted molar refractivity (Wildman–Crippen MR) is 118 cm³/mol. The highest BCUT2D eigenvalue weighted by molar-refractivity contribution is 7.48. The van der Waals surface area contributed by atoms with E-state index in [4.69, 9.17) is 33.5 Å². The number of phosphoric ester groups is 1. The summed E-state index contributed by atoms with van der Waals surface area (Å²) < 4.78 is 47.0. The molecule has 0 spiro atoms. The number of hydrogen-bond donors (Lipinski definition) is 1. The zero-order valence-corrected chi connectivity index (χ0v) is 19.8. The fraction of sp³-hybridized carbons (Fsp3) is 0.429. The van der Waals surface area contributed by atoms with Gasteiger partial charge in [0, 0.05) is 13.1 Å². The van der Waals surface area contributed by atoms with Crippen molar-refractivity contribution in [1.29, 1.82) is 0 Å². The highest BCUT2D eigenvalue weighted by atomic mass is 31.2. The third-order valence-electron chi connectivity index (χ3n) is 5.25. The van der Waals surface area contributed by atoms with Gasteiger partial charge in [-0.1, -0.05) is 18.2 Å². The number of rotatable bonds is 7. The van der Waals surface area contributed by atoms with Crippen molar-refractivity contribution < 1.29 is 41.9 Å². The van der Waals surface area contributed by atoms with Gasteiger partial charge in [0.25, 0.3) is 0 Å². The van der Waals surface area contributed by atoms with Gasteiger partial charge in [-0.2, -0.15) is 4.98 Å². The molecule has 1 aromatic carbocycles. The van der Waals surface area contributed by atoms with Gasteiger partial charge in [-0.25, -0.2) is 14.2 Å². The van der Waals surface area contributed by atoms with E-state index in [0.717, 1.165) is 4.57 Å². The third kappa shape index (κ3) is 5.44. The van der Waals surface area contributed by atoms with Crippen LogP contribution in [-0.2, 0) is 43.7 Å². The molecule has 3 heterocycles. The summed E-state index contributed by atoms with van der Waals surface area (Å²) in [4.78, 5) is 40.0. The smallest absolute Gasteiger partial charge is 0.462 e. The largest absolute Gasteiger partial charge is 0.475 e. The lowest BCUT2D eigenvalue weighted by atomic mass is 10.1. The maximum Gasteiger partial charge on any atom is 0.475 e. The Labute approximate surface area is 199 Å². The monoisotopic (exact) mass is 509 g/mol. The first kappa shape index (κ1) is 25.0. The zero-order valence-electron chi connectivity index (χ0n) is 18.9. The Hall–Kier alpha value is -3.09. The van der Waals surface area contributed by atoms with E-state index in [1.807, 2.05) is 0 Å². The van der Waals surface area contributed by atoms with Crippen LogP contribution in [-0.4, -0.2) is 53.0 Å². The molecule has 0 aliphatic carbocycles. The Morgan fingerprint density at radius 2 is 2.06 bits per heavy atom. The summed E-state index contributed by atoms with van der Waals surface area (Å²) in [5.41, 5.74) is 5.46. The van der Waals surface area contributed by atoms with Crippen LogP contribution in [0.3, 0.4) is 0 Å². The number of carbonyl (C=O) groups excluding carboxylic acids is 2. The molecule has 0 radical (unpaired) electrons. The van der Waals surface area contributed by atoms with Crippen molar-refractivity contribution in [3.63, 3.8) is 0 Å². The summed E-state index contributed by atoms with van der Waals surface area (Å²) in [5, 5.41) is 0. The van der Waals surface area contributed by atoms with Crippen LogP contribution >= 0.6 is 7.82 Å². The summed E-state index contributed by atoms with van der Waals surface area (Å²) in [5.74, 6) is -1.22. The molecular formula is C21H24N3O10P. The number of hydrogen-bond acceptors (Lipinski definition) is 12. The zero-order chi connectivity index (χ0) is 25.2. The Bertz CT molecular complexity index is 1220. The van der Waals surface area contributed by atoms with E-state index in [1.165, 1.54) is 19.2 Å². The topological polar surface area (TPSA) is 167 Å². The van der Waals surface area contributed by atoms with E-state index < -0.39 is 50.0 Å². The number of anilines is 1. The highest BCUT2D eigenvalue weighted by Gasteiger charge is 2.55. The number of fused-ring (bicyclic) bond motifs is 1. The summed E-state index contributed by atoms with van der Waals surface area (Å²) in [6, 6.07) is 7.88. The second-order valence-corrected chi connectivity index (χ2v) is 9.27. The van der Waals surface area contributed by atoms with Crippen LogP contribution in [0.4, 0.5) is 5.82 Å². The lowest BCUT2D eigenvalue weighted by Crippen LogP contribution is -2.42. The molecule has 2 aliphatic rings. The van der Waals surface area contributed by atoms with E-state index >= 15 is 0 Å². The van der Waals surface area contributed by atoms with Crippen molar-refractivity contribution in [3.8, 4) is 0 Å². The van der Waals surface area contributed by atoms with Gasteiger partial charge in [-0.15, -0.1) is 0 Å². The molecule has 14 heteroatoms. The third-order valence-corrected chi connectivity index (χ3v) is 6.66. The van der Waals surface area contributed by atoms with E-state index in [9.17, 15) is 18.9 Å². The second-order valence-electron chi connectivity index (χ2n) is 7.65. The Morgan fingerprint density at radius 3 is 2.77 bits per heavy atom. The number of benzene rings is 1. The molecule has 188 valence electrons. The molecule has 0 saturated carbocycles. The normalized spacial score (nSPS) is 27.7. The summed E-state index contributed by atoms with van der Waals surface area (Å²) in [6.45, 7) is 2.53. The Kier molecular flexibility index (Phi) is 7.33. The molecule has 2 aromatic rings. The molecule has 2 aliphatic heterocycles. The van der Waals surface area contributed by atoms with Crippen LogP contribution < -0.4 is 11.4 Å². The number of ether oxygens (including phenoxy) is 3. The van der Waals surface area contributed by atoms with Gasteiger partial charge in [-0.3, -0.25) is 22.9 Å². The molecule has 0 bridgehead atoms. The number of phosphoric acid groups is 1. The van der Waals surface area contributed by atoms with Crippen LogP contribution in [0.1, 0.15) is 36.0 Å². The maximum absolute atomic E-state index is 13.3. The SMILES string of the molecule is CCOC(=O)c1ccccc1COP1(=O)OC[C@H]2O[C@@H](n3ccc(N)nc3=O)[C@H](OC(C)=O)[C@@H]2O1. The van der Waals surface area contributed by atoms with Gasteiger partial charge >= 0.3 is 25.5 Å². The van der Waals surface area contributed by atoms with E-state index in [2.05, 4.69) is 4.98 Å². The molecule has 2 fully saturated rings. The van der Waals surface area contributed by atoms with Gasteiger partial charge in [0.1, 0.15) is 18.0 Å². The molecule has 0 amide bonds. The molecule has 1 unspecified atom stereocenters. The van der Waals surface area contributed by atoms with E-state index in [0.29, 0.717) is 5.56 Å². The number of aromatic nitrogens is 2. The minimum atomic E-state index is -4.18. The molecule has 2 saturated heterocycles. The summed E-state index contributed by atoms with van der Waals surface area (Å²) in [7, 11) is -4.18. The van der Waals surface area contributed by atoms with Crippen molar-refractivity contribution in [3.05, 3.63) is 58.1 Å². The summed E-state index contributed by atoms with van der Waals surface area (Å²) >= 11 is 0. The van der Waals surface area contributed by atoms with Crippen molar-refractivity contribution in [2.75, 3.05) is 18.9 Å². The average Bonchev–Trinajstić information content (AvgIpc) is 3.14. The van der Waals surface area contributed by atoms with Crippen LogP contribution in [0, 0.1) is 0 Å². The molecule has 1 aromatic heterocycles. The number of carbonyl (C=O) groups is 2. The summed E-state index contributed by atoms with van der Waals surface area (Å²) in [6.07, 6.45) is -2.85. The van der Waals surface area contributed by atoms with Gasteiger partial charge in [0.15, 0.2) is 12.3 Å². The van der Waals surface area contributed by atoms with Crippen molar-refractivity contribution in [1.82, 2.24) is 9.55 Å². The first-order valence-electron chi connectivity index (χ1n) is 10.7. The minimum absolute atomic E-state index is 0.00582. The van der Waals surface area contributed by atoms with Gasteiger partial charge in [-0.05, 0) is 24.6 Å². The van der Waals surface area contributed by atoms with Crippen LogP contribution in [0.2, 0.25) is 0 Å². The lowest BCUT2D eigenvalue weighted by molar-refractivity contribution is -0.155. The first-order valence-corrected chi connectivity index (χ1v) is 12.2. The van der Waals surface area contributed by atoms with Crippen LogP contribution in [0.25, 0.3) is 0 Å². The molecule has 5 atom stereocenters. The van der Waals surface area contributed by atoms with Gasteiger partial charge in [0.2, 0.25) is 0 Å². The highest BCUT2D eigenvalue weighted by Crippen LogP contribution is 2.57. The fourth-order valence-electron chi connectivity index (χ4n) is 3.74. The standard InChI is InChI=1S/C21H24N3O10P/c1-3-29-20(26)14-7-5-4-6-13(14)10-30-35(28)31-11-15-17(34-35)18(32-12(2)25)19(33-15)24-9-8-16(22)23-21(24)27/h4-9,15,17-19H,3,10-11H2,1-2H3,(H2,22,23,27)/t15-,17-,18-,19-,35?/m1/s1. The van der Waals surface area contributed by atoms with E-state index in [1.54, 1.807) is 31.2 Å². The lowest BCUT2D eigenvalue weighted by Gasteiger charge is -2.31. The van der Waals surface area contributed by atoms with Crippen molar-refractivity contribution >= 4 is 25.6 Å². The minimum Gasteiger partial charge on any atom is -0.462 e. The Balaban J connectivity index is 1.54. The second kappa shape index (κ2) is 10.3. The average molecular weight is 509 g/mol. The Morgan fingerprint density at radius 1 is 1.29 bits per heavy atom. The number of nitrogens with zero attached hydrogens (tertiary/aromatic N) is 2. The number of nitrogen functional groups attached to an aromatic ring is 1. The van der Waals surface area contributed by atoms with Crippen molar-refractivity contribution in [2.24, 2.45) is 0 Å². The fourth-order valence-corrected chi connectivity index (χ4v) is 5.12. The van der Waals surface area contributed by atoms with Crippen LogP contribution in [0.5, 0.6) is 0 Å². The number of esters is 2. The quantitative estimate of drug-likeness (QED) is 0.423. The maximum atomic E-state index is 13.3. The number of nitrogens with two attached hydrogens (primary N) is 1. The van der Waals surface area contributed by atoms with Gasteiger partial charge in [0.05, 0.1) is 25.4 Å². The van der Waals surface area contributed by atoms with Crippen molar-refractivity contribution in [2.45, 2.75) is 45.0 Å². The molecule has 2 N–H and O–H groups in total. The van der Waals surface area contributed by atoms with Gasteiger partial charge < -0.3 is 19.9 Å². The van der Waals surface area contributed by atoms with Crippen LogP contribution in [0.15, 0.2) is 41.3 Å². The molecule has 35 heavy (non-hydrogen) atoms. The molecule has 4 rings (SSSR count). The molecule has 13 nitrogen and oxygen atoms in total. The molecular weight excluding hydrogens is 485 g/mol. The van der Waals surface area contributed by atoms with E-state index in [-0.39, 0.29) is 31.2 Å².